The molecule has 1 N–H and O–H groups in total. The Bertz CT molecular complexity index is 798. The second-order valence-corrected chi connectivity index (χ2v) is 8.05. The van der Waals surface area contributed by atoms with Crippen molar-refractivity contribution in [3.8, 4) is 0 Å². The summed E-state index contributed by atoms with van der Waals surface area (Å²) in [5.74, 6) is -1.54. The van der Waals surface area contributed by atoms with Crippen LogP contribution in [-0.4, -0.2) is 53.7 Å². The van der Waals surface area contributed by atoms with Crippen LogP contribution >= 0.6 is 0 Å². The smallest absolute Gasteiger partial charge is 0.269 e. The lowest BCUT2D eigenvalue weighted by molar-refractivity contribution is -0.384. The average molecular weight is 408 g/mol. The monoisotopic (exact) mass is 408 g/mol. The van der Waals surface area contributed by atoms with E-state index in [9.17, 15) is 10.1 Å². The molecule has 0 spiro atoms. The number of hydrogen-bond donors (Lipinski definition) is 1. The van der Waals surface area contributed by atoms with Gasteiger partial charge in [0.15, 0.2) is 17.9 Å². The fourth-order valence-corrected chi connectivity index (χ4v) is 3.71. The van der Waals surface area contributed by atoms with Gasteiger partial charge in [-0.05, 0) is 39.8 Å². The fourth-order valence-electron chi connectivity index (χ4n) is 3.71. The Hall–Kier alpha value is -2.18. The quantitative estimate of drug-likeness (QED) is 0.448. The molecule has 3 aliphatic rings. The van der Waals surface area contributed by atoms with Gasteiger partial charge in [0.2, 0.25) is 0 Å². The first-order valence-electron chi connectivity index (χ1n) is 9.37. The van der Waals surface area contributed by atoms with E-state index in [4.69, 9.17) is 23.7 Å². The molecule has 0 amide bonds. The molecule has 29 heavy (non-hydrogen) atoms. The highest BCUT2D eigenvalue weighted by molar-refractivity contribution is 5.47. The van der Waals surface area contributed by atoms with Crippen molar-refractivity contribution in [1.29, 1.82) is 0 Å². The van der Waals surface area contributed by atoms with Crippen molar-refractivity contribution in [2.24, 2.45) is 10.3 Å². The Morgan fingerprint density at radius 2 is 1.62 bits per heavy atom. The van der Waals surface area contributed by atoms with Gasteiger partial charge in [-0.3, -0.25) is 15.5 Å². The number of ether oxygens (including phenoxy) is 5. The molecule has 1 aromatic carbocycles. The Morgan fingerprint density at radius 1 is 1.00 bits per heavy atom. The van der Waals surface area contributed by atoms with Crippen molar-refractivity contribution >= 4 is 11.4 Å². The number of hydrogen-bond acceptors (Lipinski definition) is 9. The van der Waals surface area contributed by atoms with Gasteiger partial charge in [0, 0.05) is 12.1 Å². The SMILES string of the molecule is CC1(C)O[C@H]2[C@@H](O1)[C@@H](CN=NNc1ccc([N+](=O)[O-])cc1)O[C@@H]1OC(C)(C)O[C@@H]12. The highest BCUT2D eigenvalue weighted by Crippen LogP contribution is 2.44. The van der Waals surface area contributed by atoms with Gasteiger partial charge >= 0.3 is 0 Å². The zero-order valence-electron chi connectivity index (χ0n) is 16.6. The Labute approximate surface area is 167 Å². The maximum atomic E-state index is 10.7. The Morgan fingerprint density at radius 3 is 2.31 bits per heavy atom. The minimum absolute atomic E-state index is 0.00592. The van der Waals surface area contributed by atoms with Crippen LogP contribution in [0.25, 0.3) is 0 Å². The maximum absolute atomic E-state index is 10.7. The Balaban J connectivity index is 1.40. The first-order chi connectivity index (χ1) is 13.6. The van der Waals surface area contributed by atoms with Crippen molar-refractivity contribution in [2.45, 2.75) is 70.0 Å². The van der Waals surface area contributed by atoms with E-state index in [0.29, 0.717) is 5.69 Å². The molecule has 3 aliphatic heterocycles. The molecule has 3 fully saturated rings. The molecule has 0 radical (unpaired) electrons. The van der Waals surface area contributed by atoms with Crippen LogP contribution in [-0.2, 0) is 23.7 Å². The van der Waals surface area contributed by atoms with Gasteiger partial charge in [0.1, 0.15) is 24.4 Å². The molecule has 0 saturated carbocycles. The summed E-state index contributed by atoms with van der Waals surface area (Å²) in [6.07, 6.45) is -2.10. The van der Waals surface area contributed by atoms with Crippen LogP contribution in [0, 0.1) is 10.1 Å². The number of non-ortho nitro benzene ring substituents is 1. The van der Waals surface area contributed by atoms with Gasteiger partial charge in [0.05, 0.1) is 17.2 Å². The number of rotatable bonds is 5. The zero-order chi connectivity index (χ0) is 20.8. The van der Waals surface area contributed by atoms with Crippen molar-refractivity contribution in [3.05, 3.63) is 34.4 Å². The van der Waals surface area contributed by atoms with E-state index in [1.807, 2.05) is 27.7 Å². The highest BCUT2D eigenvalue weighted by atomic mass is 16.9. The van der Waals surface area contributed by atoms with Gasteiger partial charge in [-0.15, -0.1) is 0 Å². The number of nitrogens with one attached hydrogen (secondary N) is 1. The van der Waals surface area contributed by atoms with Gasteiger partial charge in [-0.25, -0.2) is 0 Å². The predicted molar refractivity (Wildman–Crippen MR) is 99.0 cm³/mol. The van der Waals surface area contributed by atoms with E-state index in [2.05, 4.69) is 15.8 Å². The van der Waals surface area contributed by atoms with Crippen LogP contribution in [0.15, 0.2) is 34.6 Å². The third-order valence-electron chi connectivity index (χ3n) is 4.84. The van der Waals surface area contributed by atoms with Crippen molar-refractivity contribution in [1.82, 2.24) is 0 Å². The van der Waals surface area contributed by atoms with E-state index < -0.39 is 28.9 Å². The summed E-state index contributed by atoms with van der Waals surface area (Å²) in [7, 11) is 0. The second kappa shape index (κ2) is 7.26. The summed E-state index contributed by atoms with van der Waals surface area (Å²) in [4.78, 5) is 10.2. The van der Waals surface area contributed by atoms with Gasteiger partial charge in [-0.2, -0.15) is 5.11 Å². The topological polar surface area (TPSA) is 126 Å². The molecular weight excluding hydrogens is 384 g/mol. The number of benzene rings is 1. The zero-order valence-corrected chi connectivity index (χ0v) is 16.6. The summed E-state index contributed by atoms with van der Waals surface area (Å²) in [5.41, 5.74) is 3.33. The summed E-state index contributed by atoms with van der Waals surface area (Å²) >= 11 is 0. The van der Waals surface area contributed by atoms with Crippen LogP contribution < -0.4 is 5.43 Å². The van der Waals surface area contributed by atoms with Crippen molar-refractivity contribution < 1.29 is 28.6 Å². The molecule has 158 valence electrons. The molecular formula is C18H24N4O7. The van der Waals surface area contributed by atoms with Gasteiger partial charge in [0.25, 0.3) is 5.69 Å². The van der Waals surface area contributed by atoms with E-state index in [-0.39, 0.29) is 30.5 Å². The third kappa shape index (κ3) is 4.23. The molecule has 4 rings (SSSR count). The molecule has 0 aliphatic carbocycles. The highest BCUT2D eigenvalue weighted by Gasteiger charge is 2.60. The largest absolute Gasteiger partial charge is 0.342 e. The second-order valence-electron chi connectivity index (χ2n) is 8.05. The normalized spacial score (nSPS) is 34.7. The molecule has 1 aromatic rings. The molecule has 0 bridgehead atoms. The van der Waals surface area contributed by atoms with Crippen molar-refractivity contribution in [3.63, 3.8) is 0 Å². The van der Waals surface area contributed by atoms with Crippen LogP contribution in [0.3, 0.4) is 0 Å². The minimum Gasteiger partial charge on any atom is -0.342 e. The maximum Gasteiger partial charge on any atom is 0.269 e. The van der Waals surface area contributed by atoms with E-state index >= 15 is 0 Å². The standard InChI is InChI=1S/C18H24N4O7/c1-17(2)26-13-12(25-16-15(14(13)27-17)28-18(3,4)29-16)9-19-21-20-10-5-7-11(8-6-10)22(23)24/h5-8,12-16H,9H2,1-4H3,(H,19,20)/t12-,13+,14+,15-,16-/m1/s1. The van der Waals surface area contributed by atoms with E-state index in [1.54, 1.807) is 12.1 Å². The minimum atomic E-state index is -0.774. The van der Waals surface area contributed by atoms with E-state index in [0.717, 1.165) is 0 Å². The summed E-state index contributed by atoms with van der Waals surface area (Å²) < 4.78 is 29.9. The molecule has 11 heteroatoms. The molecule has 0 unspecified atom stereocenters. The first-order valence-corrected chi connectivity index (χ1v) is 9.37. The number of nitrogens with zero attached hydrogens (tertiary/aromatic N) is 3. The van der Waals surface area contributed by atoms with Gasteiger partial charge < -0.3 is 23.7 Å². The summed E-state index contributed by atoms with van der Waals surface area (Å²) in [6, 6.07) is 5.88. The number of nitro benzene ring substituents is 1. The number of fused-ring (bicyclic) bond motifs is 3. The molecule has 3 heterocycles. The summed E-state index contributed by atoms with van der Waals surface area (Å²) in [5, 5.41) is 18.8. The summed E-state index contributed by atoms with van der Waals surface area (Å²) in [6.45, 7) is 7.56. The van der Waals surface area contributed by atoms with Crippen LogP contribution in [0.4, 0.5) is 11.4 Å². The molecule has 0 aromatic heterocycles. The van der Waals surface area contributed by atoms with Gasteiger partial charge in [-0.1, -0.05) is 5.22 Å². The molecule has 11 nitrogen and oxygen atoms in total. The fraction of sp³-hybridized carbons (Fsp3) is 0.667. The van der Waals surface area contributed by atoms with Crippen LogP contribution in [0.1, 0.15) is 27.7 Å². The van der Waals surface area contributed by atoms with Crippen LogP contribution in [0.5, 0.6) is 0 Å². The molecule has 5 atom stereocenters. The lowest BCUT2D eigenvalue weighted by atomic mass is 9.99. The Kier molecular flexibility index (Phi) is 5.03. The number of anilines is 1. The van der Waals surface area contributed by atoms with E-state index in [1.165, 1.54) is 12.1 Å². The average Bonchev–Trinajstić information content (AvgIpc) is 3.13. The lowest BCUT2D eigenvalue weighted by Gasteiger charge is -2.36. The number of nitro groups is 1. The molecule has 3 saturated heterocycles. The van der Waals surface area contributed by atoms with Crippen molar-refractivity contribution in [2.75, 3.05) is 12.0 Å². The lowest BCUT2D eigenvalue weighted by Crippen LogP contribution is -2.55. The third-order valence-corrected chi connectivity index (χ3v) is 4.84. The van der Waals surface area contributed by atoms with Crippen LogP contribution in [0.2, 0.25) is 0 Å². The first kappa shape index (κ1) is 20.1. The predicted octanol–water partition coefficient (Wildman–Crippen LogP) is 2.77.